The van der Waals surface area contributed by atoms with E-state index in [4.69, 9.17) is 5.14 Å². The van der Waals surface area contributed by atoms with Crippen molar-refractivity contribution in [2.24, 2.45) is 5.14 Å². The SMILES string of the molecule is CC(NCCCN(C)C(C)C)c1ccc(S(N)(=O)=O)cc1. The summed E-state index contributed by atoms with van der Waals surface area (Å²) < 4.78 is 22.4. The second kappa shape index (κ2) is 7.89. The molecule has 1 unspecified atom stereocenters. The zero-order valence-electron chi connectivity index (χ0n) is 13.3. The molecule has 6 heteroatoms. The molecule has 120 valence electrons. The van der Waals surface area contributed by atoms with Gasteiger partial charge in [0.2, 0.25) is 10.0 Å². The van der Waals surface area contributed by atoms with Crippen LogP contribution in [0.2, 0.25) is 0 Å². The van der Waals surface area contributed by atoms with E-state index in [1.54, 1.807) is 24.3 Å². The van der Waals surface area contributed by atoms with E-state index in [1.807, 2.05) is 0 Å². The first kappa shape index (κ1) is 18.1. The topological polar surface area (TPSA) is 75.4 Å². The van der Waals surface area contributed by atoms with Crippen LogP contribution in [0.1, 0.15) is 38.8 Å². The van der Waals surface area contributed by atoms with Crippen molar-refractivity contribution >= 4 is 10.0 Å². The second-order valence-corrected chi connectivity index (χ2v) is 7.28. The molecule has 1 atom stereocenters. The summed E-state index contributed by atoms with van der Waals surface area (Å²) in [4.78, 5) is 2.46. The van der Waals surface area contributed by atoms with E-state index in [2.05, 4.69) is 38.0 Å². The Morgan fingerprint density at radius 3 is 2.24 bits per heavy atom. The third kappa shape index (κ3) is 6.13. The highest BCUT2D eigenvalue weighted by molar-refractivity contribution is 7.89. The summed E-state index contributed by atoms with van der Waals surface area (Å²) >= 11 is 0. The molecule has 3 N–H and O–H groups in total. The molecule has 0 heterocycles. The van der Waals surface area contributed by atoms with Gasteiger partial charge in [-0.25, -0.2) is 13.6 Å². The molecule has 0 radical (unpaired) electrons. The molecule has 0 aliphatic rings. The molecule has 0 saturated heterocycles. The first-order valence-electron chi connectivity index (χ1n) is 7.28. The van der Waals surface area contributed by atoms with Gasteiger partial charge >= 0.3 is 0 Å². The molecule has 0 fully saturated rings. The summed E-state index contributed by atoms with van der Waals surface area (Å²) in [7, 11) is -1.48. The van der Waals surface area contributed by atoms with Gasteiger partial charge in [0.05, 0.1) is 4.90 Å². The van der Waals surface area contributed by atoms with E-state index >= 15 is 0 Å². The van der Waals surface area contributed by atoms with Gasteiger partial charge in [-0.15, -0.1) is 0 Å². The smallest absolute Gasteiger partial charge is 0.238 e. The first-order chi connectivity index (χ1) is 9.71. The van der Waals surface area contributed by atoms with Crippen LogP contribution in [0.4, 0.5) is 0 Å². The van der Waals surface area contributed by atoms with Crippen LogP contribution in [0, 0.1) is 0 Å². The number of primary sulfonamides is 1. The van der Waals surface area contributed by atoms with Gasteiger partial charge in [0.1, 0.15) is 0 Å². The molecule has 0 amide bonds. The van der Waals surface area contributed by atoms with Gasteiger partial charge in [-0.05, 0) is 65.0 Å². The van der Waals surface area contributed by atoms with Gasteiger partial charge in [0.15, 0.2) is 0 Å². The lowest BCUT2D eigenvalue weighted by molar-refractivity contribution is 0.268. The quantitative estimate of drug-likeness (QED) is 0.717. The monoisotopic (exact) mass is 313 g/mol. The van der Waals surface area contributed by atoms with E-state index in [0.717, 1.165) is 25.1 Å². The number of nitrogens with two attached hydrogens (primary N) is 1. The van der Waals surface area contributed by atoms with Crippen LogP contribution in [0.15, 0.2) is 29.2 Å². The van der Waals surface area contributed by atoms with E-state index in [1.165, 1.54) is 0 Å². The Bertz CT molecular complexity index is 526. The molecule has 0 spiro atoms. The summed E-state index contributed by atoms with van der Waals surface area (Å²) in [5, 5.41) is 8.53. The van der Waals surface area contributed by atoms with Crippen LogP contribution in [0.3, 0.4) is 0 Å². The minimum Gasteiger partial charge on any atom is -0.310 e. The lowest BCUT2D eigenvalue weighted by Gasteiger charge is -2.21. The number of hydrogen-bond acceptors (Lipinski definition) is 4. The number of hydrogen-bond donors (Lipinski definition) is 2. The van der Waals surface area contributed by atoms with Crippen LogP contribution in [0.25, 0.3) is 0 Å². The van der Waals surface area contributed by atoms with Gasteiger partial charge in [-0.3, -0.25) is 0 Å². The molecule has 1 aromatic carbocycles. The zero-order valence-corrected chi connectivity index (χ0v) is 14.2. The van der Waals surface area contributed by atoms with E-state index in [0.29, 0.717) is 6.04 Å². The average Bonchev–Trinajstić information content (AvgIpc) is 2.42. The highest BCUT2D eigenvalue weighted by Gasteiger charge is 2.09. The molecule has 21 heavy (non-hydrogen) atoms. The van der Waals surface area contributed by atoms with E-state index < -0.39 is 10.0 Å². The Morgan fingerprint density at radius 1 is 1.19 bits per heavy atom. The molecular weight excluding hydrogens is 286 g/mol. The average molecular weight is 313 g/mol. The van der Waals surface area contributed by atoms with Crippen molar-refractivity contribution in [3.63, 3.8) is 0 Å². The van der Waals surface area contributed by atoms with E-state index in [-0.39, 0.29) is 10.9 Å². The summed E-state index contributed by atoms with van der Waals surface area (Å²) in [6.45, 7) is 8.42. The van der Waals surface area contributed by atoms with Crippen molar-refractivity contribution < 1.29 is 8.42 Å². The van der Waals surface area contributed by atoms with Gasteiger partial charge in [-0.2, -0.15) is 0 Å². The second-order valence-electron chi connectivity index (χ2n) is 5.72. The molecule has 0 bridgehead atoms. The van der Waals surface area contributed by atoms with Crippen molar-refractivity contribution in [3.8, 4) is 0 Å². The normalized spacial score (nSPS) is 13.9. The maximum atomic E-state index is 11.2. The lowest BCUT2D eigenvalue weighted by Crippen LogP contribution is -2.30. The highest BCUT2D eigenvalue weighted by Crippen LogP contribution is 2.15. The van der Waals surface area contributed by atoms with Crippen LogP contribution in [0.5, 0.6) is 0 Å². The first-order valence-corrected chi connectivity index (χ1v) is 8.83. The van der Waals surface area contributed by atoms with Crippen LogP contribution in [-0.2, 0) is 10.0 Å². The Hall–Kier alpha value is -0.950. The van der Waals surface area contributed by atoms with E-state index in [9.17, 15) is 8.42 Å². The van der Waals surface area contributed by atoms with Gasteiger partial charge in [0, 0.05) is 12.1 Å². The molecule has 0 saturated carbocycles. The highest BCUT2D eigenvalue weighted by atomic mass is 32.2. The van der Waals surface area contributed by atoms with Crippen molar-refractivity contribution in [3.05, 3.63) is 29.8 Å². The largest absolute Gasteiger partial charge is 0.310 e. The lowest BCUT2D eigenvalue weighted by atomic mass is 10.1. The number of rotatable bonds is 8. The van der Waals surface area contributed by atoms with Gasteiger partial charge < -0.3 is 10.2 Å². The minimum absolute atomic E-state index is 0.150. The zero-order chi connectivity index (χ0) is 16.0. The molecule has 0 aromatic heterocycles. The predicted molar refractivity (Wildman–Crippen MR) is 86.6 cm³/mol. The number of nitrogens with one attached hydrogen (secondary N) is 1. The minimum atomic E-state index is -3.61. The molecule has 1 rings (SSSR count). The van der Waals surface area contributed by atoms with Gasteiger partial charge in [-0.1, -0.05) is 12.1 Å². The van der Waals surface area contributed by atoms with Crippen LogP contribution >= 0.6 is 0 Å². The molecule has 0 aliphatic heterocycles. The predicted octanol–water partition coefficient (Wildman–Crippen LogP) is 1.71. The Balaban J connectivity index is 2.44. The fourth-order valence-electron chi connectivity index (χ4n) is 1.97. The number of nitrogens with zero attached hydrogens (tertiary/aromatic N) is 1. The third-order valence-corrected chi connectivity index (χ3v) is 4.66. The summed E-state index contributed by atoms with van der Waals surface area (Å²) in [5.41, 5.74) is 1.06. The standard InChI is InChI=1S/C15H27N3O2S/c1-12(2)18(4)11-5-10-17-13(3)14-6-8-15(9-7-14)21(16,19)20/h6-9,12-13,17H,5,10-11H2,1-4H3,(H2,16,19,20). The van der Waals surface area contributed by atoms with Gasteiger partial charge in [0.25, 0.3) is 0 Å². The van der Waals surface area contributed by atoms with Crippen molar-refractivity contribution in [1.82, 2.24) is 10.2 Å². The fraction of sp³-hybridized carbons (Fsp3) is 0.600. The summed E-state index contributed by atoms with van der Waals surface area (Å²) in [5.74, 6) is 0. The van der Waals surface area contributed by atoms with Crippen LogP contribution < -0.4 is 10.5 Å². The maximum Gasteiger partial charge on any atom is 0.238 e. The van der Waals surface area contributed by atoms with Crippen molar-refractivity contribution in [2.75, 3.05) is 20.1 Å². The molecule has 5 nitrogen and oxygen atoms in total. The Morgan fingerprint density at radius 2 is 1.76 bits per heavy atom. The Labute approximate surface area is 128 Å². The maximum absolute atomic E-state index is 11.2. The van der Waals surface area contributed by atoms with Crippen molar-refractivity contribution in [2.45, 2.75) is 44.2 Å². The third-order valence-electron chi connectivity index (χ3n) is 3.73. The number of sulfonamides is 1. The summed E-state index contributed by atoms with van der Waals surface area (Å²) in [6.07, 6.45) is 1.08. The molecule has 0 aliphatic carbocycles. The fourth-order valence-corrected chi connectivity index (χ4v) is 2.48. The van der Waals surface area contributed by atoms with Crippen LogP contribution in [-0.4, -0.2) is 39.5 Å². The van der Waals surface area contributed by atoms with Crippen molar-refractivity contribution in [1.29, 1.82) is 0 Å². The summed E-state index contributed by atoms with van der Waals surface area (Å²) in [6, 6.07) is 7.46. The molecular formula is C15H27N3O2S. The number of benzene rings is 1. The molecule has 1 aromatic rings. The Kier molecular flexibility index (Phi) is 6.80.